The maximum atomic E-state index is 12.2. The molecule has 0 spiro atoms. The average molecular weight is 323 g/mol. The lowest BCUT2D eigenvalue weighted by molar-refractivity contribution is -0.115. The lowest BCUT2D eigenvalue weighted by atomic mass is 10.1. The Morgan fingerprint density at radius 2 is 1.71 bits per heavy atom. The van der Waals surface area contributed by atoms with Crippen LogP contribution in [0.2, 0.25) is 10.0 Å². The van der Waals surface area contributed by atoms with Crippen molar-refractivity contribution in [1.82, 2.24) is 0 Å². The summed E-state index contributed by atoms with van der Waals surface area (Å²) >= 11 is 12.2. The average Bonchev–Trinajstić information content (AvgIpc) is 2.41. The molecule has 1 amide bonds. The highest BCUT2D eigenvalue weighted by atomic mass is 35.5. The van der Waals surface area contributed by atoms with Crippen molar-refractivity contribution in [1.29, 1.82) is 0 Å². The van der Waals surface area contributed by atoms with Crippen LogP contribution in [0.4, 0.5) is 11.4 Å². The van der Waals surface area contributed by atoms with E-state index < -0.39 is 0 Å². The molecule has 5 heteroatoms. The van der Waals surface area contributed by atoms with E-state index in [1.54, 1.807) is 18.2 Å². The molecular weight excluding hydrogens is 307 g/mol. The van der Waals surface area contributed by atoms with Gasteiger partial charge in [-0.3, -0.25) is 4.79 Å². The number of benzene rings is 2. The van der Waals surface area contributed by atoms with Gasteiger partial charge in [0.25, 0.3) is 0 Å². The number of carbonyl (C=O) groups is 1. The number of nitrogens with zero attached hydrogens (tertiary/aromatic N) is 1. The molecule has 3 nitrogen and oxygen atoms in total. The zero-order valence-electron chi connectivity index (χ0n) is 11.9. The second-order valence-corrected chi connectivity index (χ2v) is 5.66. The number of para-hydroxylation sites is 1. The topological polar surface area (TPSA) is 32.3 Å². The smallest absolute Gasteiger partial charge is 0.228 e. The van der Waals surface area contributed by atoms with Crippen LogP contribution in [0.15, 0.2) is 42.5 Å². The molecule has 0 aliphatic carbocycles. The summed E-state index contributed by atoms with van der Waals surface area (Å²) in [7, 11) is 3.76. The van der Waals surface area contributed by atoms with E-state index in [9.17, 15) is 4.79 Å². The van der Waals surface area contributed by atoms with Crippen molar-refractivity contribution in [3.05, 3.63) is 58.1 Å². The first-order valence-electron chi connectivity index (χ1n) is 6.48. The predicted molar refractivity (Wildman–Crippen MR) is 89.6 cm³/mol. The Morgan fingerprint density at radius 1 is 1.05 bits per heavy atom. The number of nitrogens with one attached hydrogen (secondary N) is 1. The van der Waals surface area contributed by atoms with E-state index >= 15 is 0 Å². The molecule has 21 heavy (non-hydrogen) atoms. The van der Waals surface area contributed by atoms with Crippen LogP contribution in [0.1, 0.15) is 5.56 Å². The van der Waals surface area contributed by atoms with Crippen molar-refractivity contribution in [2.75, 3.05) is 24.3 Å². The molecule has 110 valence electrons. The highest BCUT2D eigenvalue weighted by molar-refractivity contribution is 6.34. The molecule has 0 aliphatic heterocycles. The zero-order chi connectivity index (χ0) is 15.4. The fourth-order valence-electron chi connectivity index (χ4n) is 2.08. The van der Waals surface area contributed by atoms with Crippen molar-refractivity contribution < 1.29 is 4.79 Å². The lowest BCUT2D eigenvalue weighted by Gasteiger charge is -2.19. The van der Waals surface area contributed by atoms with Gasteiger partial charge in [-0.1, -0.05) is 47.5 Å². The molecule has 0 heterocycles. The molecular formula is C16H16Cl2N2O. The van der Waals surface area contributed by atoms with Gasteiger partial charge in [0.1, 0.15) is 0 Å². The molecule has 0 unspecified atom stereocenters. The fourth-order valence-corrected chi connectivity index (χ4v) is 2.63. The van der Waals surface area contributed by atoms with Crippen LogP contribution in [0, 0.1) is 0 Å². The van der Waals surface area contributed by atoms with Gasteiger partial charge in [-0.05, 0) is 23.8 Å². The number of halogens is 2. The SMILES string of the molecule is CN(C)c1c(Cl)cccc1NC(=O)Cc1ccccc1Cl. The number of anilines is 2. The normalized spacial score (nSPS) is 10.3. The summed E-state index contributed by atoms with van der Waals surface area (Å²) in [5, 5.41) is 4.07. The maximum Gasteiger partial charge on any atom is 0.228 e. The van der Waals surface area contributed by atoms with Crippen molar-refractivity contribution in [2.45, 2.75) is 6.42 Å². The third-order valence-electron chi connectivity index (χ3n) is 3.02. The van der Waals surface area contributed by atoms with Gasteiger partial charge in [-0.2, -0.15) is 0 Å². The first-order valence-corrected chi connectivity index (χ1v) is 7.23. The van der Waals surface area contributed by atoms with E-state index in [1.165, 1.54) is 0 Å². The Labute approximate surface area is 134 Å². The minimum Gasteiger partial charge on any atom is -0.375 e. The molecule has 1 N–H and O–H groups in total. The summed E-state index contributed by atoms with van der Waals surface area (Å²) in [6, 6.07) is 12.7. The van der Waals surface area contributed by atoms with Gasteiger partial charge in [0.2, 0.25) is 5.91 Å². The Balaban J connectivity index is 2.17. The largest absolute Gasteiger partial charge is 0.375 e. The Bertz CT molecular complexity index is 656. The van der Waals surface area contributed by atoms with Crippen LogP contribution >= 0.6 is 23.2 Å². The molecule has 0 atom stereocenters. The summed E-state index contributed by atoms with van der Waals surface area (Å²) in [4.78, 5) is 14.1. The number of amides is 1. The molecule has 0 aromatic heterocycles. The fraction of sp³-hybridized carbons (Fsp3) is 0.188. The van der Waals surface area contributed by atoms with Gasteiger partial charge in [0.05, 0.1) is 22.8 Å². The molecule has 2 aromatic rings. The van der Waals surface area contributed by atoms with Crippen LogP contribution in [0.3, 0.4) is 0 Å². The third kappa shape index (κ3) is 3.90. The Kier molecular flexibility index (Phi) is 5.10. The molecule has 0 saturated heterocycles. The maximum absolute atomic E-state index is 12.2. The van der Waals surface area contributed by atoms with Gasteiger partial charge in [0, 0.05) is 19.1 Å². The highest BCUT2D eigenvalue weighted by Gasteiger charge is 2.13. The molecule has 0 fully saturated rings. The first-order chi connectivity index (χ1) is 9.99. The predicted octanol–water partition coefficient (Wildman–Crippen LogP) is 4.24. The van der Waals surface area contributed by atoms with E-state index in [1.807, 2.05) is 43.3 Å². The zero-order valence-corrected chi connectivity index (χ0v) is 13.4. The van der Waals surface area contributed by atoms with E-state index in [0.29, 0.717) is 15.7 Å². The van der Waals surface area contributed by atoms with E-state index in [0.717, 1.165) is 11.3 Å². The van der Waals surface area contributed by atoms with Gasteiger partial charge < -0.3 is 10.2 Å². The van der Waals surface area contributed by atoms with Gasteiger partial charge >= 0.3 is 0 Å². The number of rotatable bonds is 4. The highest BCUT2D eigenvalue weighted by Crippen LogP contribution is 2.32. The second kappa shape index (κ2) is 6.83. The summed E-state index contributed by atoms with van der Waals surface area (Å²) < 4.78 is 0. The molecule has 0 aliphatic rings. The minimum atomic E-state index is -0.131. The van der Waals surface area contributed by atoms with Gasteiger partial charge in [-0.25, -0.2) is 0 Å². The number of hydrogen-bond donors (Lipinski definition) is 1. The number of hydrogen-bond acceptors (Lipinski definition) is 2. The molecule has 0 radical (unpaired) electrons. The second-order valence-electron chi connectivity index (χ2n) is 4.85. The summed E-state index contributed by atoms with van der Waals surface area (Å²) in [5.74, 6) is -0.131. The minimum absolute atomic E-state index is 0.131. The Morgan fingerprint density at radius 3 is 2.38 bits per heavy atom. The van der Waals surface area contributed by atoms with Crippen LogP contribution in [0.5, 0.6) is 0 Å². The quantitative estimate of drug-likeness (QED) is 0.913. The summed E-state index contributed by atoms with van der Waals surface area (Å²) in [6.07, 6.45) is 0.221. The summed E-state index contributed by atoms with van der Waals surface area (Å²) in [6.45, 7) is 0. The van der Waals surface area contributed by atoms with E-state index in [-0.39, 0.29) is 12.3 Å². The van der Waals surface area contributed by atoms with Crippen molar-refractivity contribution in [2.24, 2.45) is 0 Å². The molecule has 2 rings (SSSR count). The number of carbonyl (C=O) groups excluding carboxylic acids is 1. The van der Waals surface area contributed by atoms with Crippen molar-refractivity contribution >= 4 is 40.5 Å². The first kappa shape index (κ1) is 15.7. The van der Waals surface area contributed by atoms with Crippen LogP contribution < -0.4 is 10.2 Å². The van der Waals surface area contributed by atoms with E-state index in [4.69, 9.17) is 23.2 Å². The molecule has 2 aromatic carbocycles. The monoisotopic (exact) mass is 322 g/mol. The Hall–Kier alpha value is -1.71. The van der Waals surface area contributed by atoms with Crippen LogP contribution in [-0.2, 0) is 11.2 Å². The standard InChI is InChI=1S/C16H16Cl2N2O/c1-20(2)16-13(18)8-5-9-14(16)19-15(21)10-11-6-3-4-7-12(11)17/h3-9H,10H2,1-2H3,(H,19,21). The van der Waals surface area contributed by atoms with Gasteiger partial charge in [-0.15, -0.1) is 0 Å². The van der Waals surface area contributed by atoms with E-state index in [2.05, 4.69) is 5.32 Å². The third-order valence-corrected chi connectivity index (χ3v) is 3.69. The van der Waals surface area contributed by atoms with Crippen molar-refractivity contribution in [3.8, 4) is 0 Å². The van der Waals surface area contributed by atoms with Crippen LogP contribution in [-0.4, -0.2) is 20.0 Å². The van der Waals surface area contributed by atoms with Crippen molar-refractivity contribution in [3.63, 3.8) is 0 Å². The molecule has 0 bridgehead atoms. The lowest BCUT2D eigenvalue weighted by Crippen LogP contribution is -2.18. The summed E-state index contributed by atoms with van der Waals surface area (Å²) in [5.41, 5.74) is 2.27. The van der Waals surface area contributed by atoms with Crippen LogP contribution in [0.25, 0.3) is 0 Å². The molecule has 0 saturated carbocycles. The van der Waals surface area contributed by atoms with Gasteiger partial charge in [0.15, 0.2) is 0 Å².